The van der Waals surface area contributed by atoms with Gasteiger partial charge in [0.05, 0.1) is 9.90 Å². The van der Waals surface area contributed by atoms with Gasteiger partial charge in [-0.1, -0.05) is 34.2 Å². The number of hydrogen-bond donors (Lipinski definition) is 1. The van der Waals surface area contributed by atoms with Crippen LogP contribution in [-0.2, 0) is 10.3 Å². The first kappa shape index (κ1) is 14.5. The van der Waals surface area contributed by atoms with Crippen LogP contribution in [-0.4, -0.2) is 27.7 Å². The lowest BCUT2D eigenvalue weighted by Crippen LogP contribution is -2.54. The Kier molecular flexibility index (Phi) is 3.97. The lowest BCUT2D eigenvalue weighted by atomic mass is 9.94. The van der Waals surface area contributed by atoms with Gasteiger partial charge in [0.25, 0.3) is 0 Å². The van der Waals surface area contributed by atoms with Crippen molar-refractivity contribution in [2.45, 2.75) is 16.4 Å². The van der Waals surface area contributed by atoms with Crippen LogP contribution in [0.5, 0.6) is 0 Å². The number of rotatable bonds is 1. The SMILES string of the molecule is CN1C(=O)[C@H](I)[C@@](C)(c2scc(Br)c2Cl)N=C1N. The van der Waals surface area contributed by atoms with Crippen LogP contribution in [0.2, 0.25) is 5.02 Å². The van der Waals surface area contributed by atoms with E-state index in [0.717, 1.165) is 9.35 Å². The van der Waals surface area contributed by atoms with Gasteiger partial charge in [0.2, 0.25) is 5.91 Å². The maximum Gasteiger partial charge on any atom is 0.244 e. The van der Waals surface area contributed by atoms with Crippen molar-refractivity contribution in [3.63, 3.8) is 0 Å². The molecule has 18 heavy (non-hydrogen) atoms. The molecule has 2 rings (SSSR count). The summed E-state index contributed by atoms with van der Waals surface area (Å²) in [5, 5.41) is 2.49. The molecule has 0 aromatic carbocycles. The summed E-state index contributed by atoms with van der Waals surface area (Å²) in [6.07, 6.45) is 0. The molecule has 1 aliphatic rings. The number of aliphatic imine (C=N–C) groups is 1. The highest BCUT2D eigenvalue weighted by atomic mass is 127. The third kappa shape index (κ3) is 2.08. The third-order valence-electron chi connectivity index (χ3n) is 2.88. The second kappa shape index (κ2) is 4.92. The molecular weight excluding hydrogens is 452 g/mol. The minimum Gasteiger partial charge on any atom is -0.369 e. The summed E-state index contributed by atoms with van der Waals surface area (Å²) in [4.78, 5) is 18.8. The van der Waals surface area contributed by atoms with Crippen molar-refractivity contribution in [1.29, 1.82) is 0 Å². The molecular formula is C10H10BrClIN3OS. The van der Waals surface area contributed by atoms with Gasteiger partial charge in [-0.05, 0) is 22.9 Å². The van der Waals surface area contributed by atoms with Crippen molar-refractivity contribution in [3.05, 3.63) is 19.8 Å². The Hall–Kier alpha value is 0.140. The summed E-state index contributed by atoms with van der Waals surface area (Å²) < 4.78 is 0.476. The standard InChI is InChI=1S/C10H10BrClIN3OS/c1-10(7-5(12)4(11)3-18-7)6(13)8(17)16(2)9(14)15-10/h3,6H,1-2H3,(H2,14,15)/t6-,10-/m0/s1. The first-order valence-electron chi connectivity index (χ1n) is 4.99. The van der Waals surface area contributed by atoms with Crippen LogP contribution in [0.1, 0.15) is 11.8 Å². The third-order valence-corrected chi connectivity index (χ3v) is 7.49. The summed E-state index contributed by atoms with van der Waals surface area (Å²) in [5.41, 5.74) is 5.08. The number of alkyl halides is 1. The van der Waals surface area contributed by atoms with Gasteiger partial charge >= 0.3 is 0 Å². The zero-order chi connectivity index (χ0) is 13.7. The molecule has 0 unspecified atom stereocenters. The molecule has 0 saturated heterocycles. The van der Waals surface area contributed by atoms with Crippen LogP contribution in [0.4, 0.5) is 0 Å². The number of halogens is 3. The number of guanidine groups is 1. The molecule has 1 aromatic heterocycles. The van der Waals surface area contributed by atoms with Crippen LogP contribution in [0.25, 0.3) is 0 Å². The van der Waals surface area contributed by atoms with E-state index in [9.17, 15) is 4.79 Å². The smallest absolute Gasteiger partial charge is 0.244 e. The Morgan fingerprint density at radius 3 is 2.83 bits per heavy atom. The fourth-order valence-corrected chi connectivity index (χ4v) is 4.81. The van der Waals surface area contributed by atoms with Crippen molar-refractivity contribution < 1.29 is 4.79 Å². The van der Waals surface area contributed by atoms with Crippen molar-refractivity contribution in [1.82, 2.24) is 4.90 Å². The molecule has 1 aromatic rings. The van der Waals surface area contributed by atoms with Crippen LogP contribution < -0.4 is 5.73 Å². The number of amides is 1. The van der Waals surface area contributed by atoms with Gasteiger partial charge in [-0.3, -0.25) is 9.69 Å². The predicted octanol–water partition coefficient (Wildman–Crippen LogP) is 2.97. The maximum atomic E-state index is 12.1. The van der Waals surface area contributed by atoms with E-state index < -0.39 is 5.54 Å². The van der Waals surface area contributed by atoms with E-state index in [4.69, 9.17) is 17.3 Å². The minimum absolute atomic E-state index is 0.0637. The van der Waals surface area contributed by atoms with Crippen LogP contribution >= 0.6 is 61.5 Å². The van der Waals surface area contributed by atoms with Gasteiger partial charge in [0.15, 0.2) is 5.96 Å². The first-order chi connectivity index (χ1) is 8.29. The van der Waals surface area contributed by atoms with E-state index in [1.165, 1.54) is 16.2 Å². The van der Waals surface area contributed by atoms with Gasteiger partial charge < -0.3 is 5.73 Å². The van der Waals surface area contributed by atoms with Gasteiger partial charge in [-0.2, -0.15) is 0 Å². The molecule has 2 heterocycles. The number of nitrogens with two attached hydrogens (primary N) is 1. The molecule has 1 aliphatic heterocycles. The molecule has 0 aliphatic carbocycles. The molecule has 0 saturated carbocycles. The van der Waals surface area contributed by atoms with E-state index in [1.807, 2.05) is 12.3 Å². The Bertz CT molecular complexity index is 549. The Balaban J connectivity index is 2.60. The lowest BCUT2D eigenvalue weighted by Gasteiger charge is -2.37. The number of thiophene rings is 1. The topological polar surface area (TPSA) is 58.7 Å². The van der Waals surface area contributed by atoms with Crippen molar-refractivity contribution in [2.75, 3.05) is 7.05 Å². The molecule has 1 amide bonds. The zero-order valence-corrected chi connectivity index (χ0v) is 14.9. The summed E-state index contributed by atoms with van der Waals surface area (Å²) in [7, 11) is 1.62. The number of hydrogen-bond acceptors (Lipinski definition) is 4. The quantitative estimate of drug-likeness (QED) is 0.515. The number of nitrogens with zero attached hydrogens (tertiary/aromatic N) is 2. The fraction of sp³-hybridized carbons (Fsp3) is 0.400. The molecule has 4 nitrogen and oxygen atoms in total. The molecule has 2 atom stereocenters. The summed E-state index contributed by atoms with van der Waals surface area (Å²) in [6, 6.07) is 0. The highest BCUT2D eigenvalue weighted by molar-refractivity contribution is 14.1. The Morgan fingerprint density at radius 2 is 2.33 bits per heavy atom. The predicted molar refractivity (Wildman–Crippen MR) is 86.6 cm³/mol. The first-order valence-corrected chi connectivity index (χ1v) is 8.28. The Morgan fingerprint density at radius 1 is 1.72 bits per heavy atom. The molecule has 0 spiro atoms. The van der Waals surface area contributed by atoms with Gasteiger partial charge in [0, 0.05) is 16.9 Å². The minimum atomic E-state index is -0.720. The molecule has 0 radical (unpaired) electrons. The van der Waals surface area contributed by atoms with Gasteiger partial charge in [-0.25, -0.2) is 4.99 Å². The van der Waals surface area contributed by atoms with Crippen molar-refractivity contribution in [3.8, 4) is 0 Å². The zero-order valence-electron chi connectivity index (χ0n) is 9.58. The highest BCUT2D eigenvalue weighted by Crippen LogP contribution is 2.46. The second-order valence-electron chi connectivity index (χ2n) is 4.10. The normalized spacial score (nSPS) is 28.5. The summed E-state index contributed by atoms with van der Waals surface area (Å²) >= 11 is 13.2. The Labute approximate surface area is 136 Å². The fourth-order valence-electron chi connectivity index (χ4n) is 1.72. The molecule has 98 valence electrons. The van der Waals surface area contributed by atoms with Gasteiger partial charge in [-0.15, -0.1) is 11.3 Å². The molecule has 2 N–H and O–H groups in total. The van der Waals surface area contributed by atoms with Crippen molar-refractivity contribution in [2.24, 2.45) is 10.7 Å². The maximum absolute atomic E-state index is 12.1. The second-order valence-corrected chi connectivity index (χ2v) is 7.46. The number of carbonyl (C=O) groups is 1. The summed E-state index contributed by atoms with van der Waals surface area (Å²) in [6.45, 7) is 1.88. The lowest BCUT2D eigenvalue weighted by molar-refractivity contribution is -0.127. The monoisotopic (exact) mass is 461 g/mol. The van der Waals surface area contributed by atoms with E-state index in [2.05, 4.69) is 43.5 Å². The van der Waals surface area contributed by atoms with E-state index in [1.54, 1.807) is 7.05 Å². The summed E-state index contributed by atoms with van der Waals surface area (Å²) in [5.74, 6) is 0.155. The number of carbonyl (C=O) groups excluding carboxylic acids is 1. The molecule has 0 bridgehead atoms. The average molecular weight is 463 g/mol. The van der Waals surface area contributed by atoms with E-state index in [0.29, 0.717) is 5.02 Å². The van der Waals surface area contributed by atoms with Crippen LogP contribution in [0.3, 0.4) is 0 Å². The van der Waals surface area contributed by atoms with Crippen molar-refractivity contribution >= 4 is 73.3 Å². The van der Waals surface area contributed by atoms with E-state index in [-0.39, 0.29) is 15.8 Å². The van der Waals surface area contributed by atoms with Crippen LogP contribution in [0.15, 0.2) is 14.8 Å². The average Bonchev–Trinajstić information content (AvgIpc) is 2.65. The van der Waals surface area contributed by atoms with Crippen LogP contribution in [0, 0.1) is 0 Å². The van der Waals surface area contributed by atoms with Gasteiger partial charge in [0.1, 0.15) is 9.46 Å². The largest absolute Gasteiger partial charge is 0.369 e. The van der Waals surface area contributed by atoms with E-state index >= 15 is 0 Å². The molecule has 8 heteroatoms. The highest BCUT2D eigenvalue weighted by Gasteiger charge is 2.46. The molecule has 0 fully saturated rings.